The van der Waals surface area contributed by atoms with Crippen molar-refractivity contribution in [1.29, 1.82) is 0 Å². The minimum Gasteiger partial charge on any atom is -0.495 e. The fourth-order valence-electron chi connectivity index (χ4n) is 2.95. The smallest absolute Gasteiger partial charge is 0.244 e. The minimum atomic E-state index is -3.84. The average Bonchev–Trinajstić information content (AvgIpc) is 3.34. The van der Waals surface area contributed by atoms with Crippen molar-refractivity contribution in [3.05, 3.63) is 47.9 Å². The topological polar surface area (TPSA) is 88.8 Å². The summed E-state index contributed by atoms with van der Waals surface area (Å²) in [7, 11) is -2.41. The van der Waals surface area contributed by atoms with Crippen molar-refractivity contribution in [2.24, 2.45) is 5.92 Å². The van der Waals surface area contributed by atoms with E-state index in [1.807, 2.05) is 13.0 Å². The summed E-state index contributed by atoms with van der Waals surface area (Å²) in [6.45, 7) is 1.81. The quantitative estimate of drug-likeness (QED) is 0.750. The van der Waals surface area contributed by atoms with Crippen molar-refractivity contribution >= 4 is 10.0 Å². The number of hydrogen-bond donors (Lipinski definition) is 2. The molecule has 0 saturated heterocycles. The zero-order chi connectivity index (χ0) is 18.1. The van der Waals surface area contributed by atoms with Gasteiger partial charge in [-0.2, -0.15) is 0 Å². The van der Waals surface area contributed by atoms with E-state index >= 15 is 0 Å². The molecule has 1 aromatic carbocycles. The second kappa shape index (κ2) is 6.82. The lowest BCUT2D eigenvalue weighted by Crippen LogP contribution is -2.42. The maximum Gasteiger partial charge on any atom is 0.244 e. The van der Waals surface area contributed by atoms with Crippen LogP contribution in [-0.2, 0) is 22.0 Å². The van der Waals surface area contributed by atoms with Crippen LogP contribution in [0.1, 0.15) is 31.1 Å². The number of nitrogens with one attached hydrogen (secondary N) is 1. The molecule has 0 spiro atoms. The maximum absolute atomic E-state index is 12.8. The second-order valence-corrected chi connectivity index (χ2v) is 8.07. The predicted molar refractivity (Wildman–Crippen MR) is 92.9 cm³/mol. The first-order valence-corrected chi connectivity index (χ1v) is 9.82. The van der Waals surface area contributed by atoms with Crippen molar-refractivity contribution in [2.45, 2.75) is 36.7 Å². The van der Waals surface area contributed by atoms with E-state index in [1.54, 1.807) is 24.3 Å². The van der Waals surface area contributed by atoms with Crippen LogP contribution >= 0.6 is 0 Å². The van der Waals surface area contributed by atoms with Gasteiger partial charge in [0.25, 0.3) is 0 Å². The molecule has 0 radical (unpaired) electrons. The van der Waals surface area contributed by atoms with E-state index in [1.165, 1.54) is 13.4 Å². The Hall–Kier alpha value is -1.83. The minimum absolute atomic E-state index is 0.00905. The van der Waals surface area contributed by atoms with Gasteiger partial charge in [-0.1, -0.05) is 13.0 Å². The van der Waals surface area contributed by atoms with Crippen LogP contribution in [0.3, 0.4) is 0 Å². The third-order valence-corrected chi connectivity index (χ3v) is 6.08. The lowest BCUT2D eigenvalue weighted by atomic mass is 9.95. The van der Waals surface area contributed by atoms with E-state index in [0.717, 1.165) is 18.4 Å². The number of aliphatic hydroxyl groups is 1. The Morgan fingerprint density at radius 1 is 1.36 bits per heavy atom. The van der Waals surface area contributed by atoms with Gasteiger partial charge in [0.1, 0.15) is 22.0 Å². The van der Waals surface area contributed by atoms with E-state index < -0.39 is 15.6 Å². The number of methoxy groups -OCH3 is 1. The monoisotopic (exact) mass is 365 g/mol. The summed E-state index contributed by atoms with van der Waals surface area (Å²) in [5.41, 5.74) is -0.448. The second-order valence-electron chi connectivity index (χ2n) is 6.34. The van der Waals surface area contributed by atoms with Gasteiger partial charge >= 0.3 is 0 Å². The molecule has 0 bridgehead atoms. The first kappa shape index (κ1) is 18.0. The Morgan fingerprint density at radius 3 is 2.68 bits per heavy atom. The lowest BCUT2D eigenvalue weighted by molar-refractivity contribution is -0.00225. The molecule has 1 saturated carbocycles. The molecule has 1 heterocycles. The summed E-state index contributed by atoms with van der Waals surface area (Å²) in [5.74, 6) is 0.648. The third kappa shape index (κ3) is 3.58. The fourth-order valence-corrected chi connectivity index (χ4v) is 4.24. The molecule has 1 atom stereocenters. The molecule has 3 rings (SSSR count). The molecule has 25 heavy (non-hydrogen) atoms. The van der Waals surface area contributed by atoms with E-state index in [4.69, 9.17) is 9.15 Å². The predicted octanol–water partition coefficient (Wildman–Crippen LogP) is 2.43. The number of aryl methyl sites for hydroxylation is 1. The molecule has 6 nitrogen and oxygen atoms in total. The van der Waals surface area contributed by atoms with Crippen LogP contribution in [0.2, 0.25) is 0 Å². The normalized spacial score (nSPS) is 17.2. The Kier molecular flexibility index (Phi) is 4.90. The molecule has 2 N–H and O–H groups in total. The van der Waals surface area contributed by atoms with Crippen LogP contribution in [-0.4, -0.2) is 27.2 Å². The number of ether oxygens (including phenoxy) is 1. The zero-order valence-electron chi connectivity index (χ0n) is 14.4. The Labute approximate surface area is 147 Å². The van der Waals surface area contributed by atoms with Crippen LogP contribution in [0.25, 0.3) is 0 Å². The highest BCUT2D eigenvalue weighted by Crippen LogP contribution is 2.45. The first-order valence-electron chi connectivity index (χ1n) is 8.33. The molecule has 1 aromatic heterocycles. The largest absolute Gasteiger partial charge is 0.495 e. The van der Waals surface area contributed by atoms with Gasteiger partial charge < -0.3 is 14.3 Å². The number of benzene rings is 1. The van der Waals surface area contributed by atoms with Crippen molar-refractivity contribution < 1.29 is 22.7 Å². The van der Waals surface area contributed by atoms with E-state index in [-0.39, 0.29) is 23.1 Å². The molecular formula is C18H23NO5S. The summed E-state index contributed by atoms with van der Waals surface area (Å²) in [6.07, 6.45) is 3.87. The van der Waals surface area contributed by atoms with Crippen LogP contribution in [0, 0.1) is 5.92 Å². The molecule has 1 unspecified atom stereocenters. The van der Waals surface area contributed by atoms with Crippen molar-refractivity contribution in [2.75, 3.05) is 13.7 Å². The standard InChI is InChI=1S/C18H23NO5S/c1-3-13-6-9-15(23-2)16(11-13)25(21,22)19-12-18(20,14-7-8-14)17-5-4-10-24-17/h4-6,9-11,14,19-20H,3,7-8,12H2,1-2H3. The fraction of sp³-hybridized carbons (Fsp3) is 0.444. The number of hydrogen-bond acceptors (Lipinski definition) is 5. The summed E-state index contributed by atoms with van der Waals surface area (Å²) < 4.78 is 38.7. The maximum atomic E-state index is 12.8. The van der Waals surface area contributed by atoms with Crippen molar-refractivity contribution in [3.8, 4) is 5.75 Å². The number of furan rings is 1. The van der Waals surface area contributed by atoms with Gasteiger partial charge in [-0.3, -0.25) is 0 Å². The summed E-state index contributed by atoms with van der Waals surface area (Å²) in [5, 5.41) is 11.0. The molecule has 1 aliphatic rings. The Bertz CT molecular complexity index is 827. The molecule has 1 aliphatic carbocycles. The molecule has 2 aromatic rings. The number of sulfonamides is 1. The van der Waals surface area contributed by atoms with Gasteiger partial charge in [-0.05, 0) is 55.0 Å². The molecule has 1 fully saturated rings. The van der Waals surface area contributed by atoms with Gasteiger partial charge in [0.05, 0.1) is 13.4 Å². The highest BCUT2D eigenvalue weighted by Gasteiger charge is 2.47. The number of rotatable bonds is 8. The highest BCUT2D eigenvalue weighted by atomic mass is 32.2. The van der Waals surface area contributed by atoms with E-state index in [0.29, 0.717) is 12.2 Å². The van der Waals surface area contributed by atoms with Gasteiger partial charge in [-0.15, -0.1) is 0 Å². The van der Waals surface area contributed by atoms with Gasteiger partial charge in [0, 0.05) is 6.54 Å². The lowest BCUT2D eigenvalue weighted by Gasteiger charge is -2.26. The zero-order valence-corrected chi connectivity index (χ0v) is 15.2. The van der Waals surface area contributed by atoms with E-state index in [2.05, 4.69) is 4.72 Å². The van der Waals surface area contributed by atoms with Gasteiger partial charge in [0.2, 0.25) is 10.0 Å². The third-order valence-electron chi connectivity index (χ3n) is 4.66. The Balaban J connectivity index is 1.87. The molecule has 136 valence electrons. The summed E-state index contributed by atoms with van der Waals surface area (Å²) in [6, 6.07) is 8.44. The van der Waals surface area contributed by atoms with Gasteiger partial charge in [-0.25, -0.2) is 13.1 Å². The van der Waals surface area contributed by atoms with Crippen LogP contribution in [0.15, 0.2) is 45.9 Å². The van der Waals surface area contributed by atoms with Gasteiger partial charge in [0.15, 0.2) is 0 Å². The van der Waals surface area contributed by atoms with Crippen LogP contribution in [0.4, 0.5) is 0 Å². The Morgan fingerprint density at radius 2 is 2.12 bits per heavy atom. The average molecular weight is 365 g/mol. The summed E-state index contributed by atoms with van der Waals surface area (Å²) in [4.78, 5) is 0.0759. The van der Waals surface area contributed by atoms with Crippen molar-refractivity contribution in [3.63, 3.8) is 0 Å². The molecule has 0 aliphatic heterocycles. The van der Waals surface area contributed by atoms with Crippen LogP contribution < -0.4 is 9.46 Å². The highest BCUT2D eigenvalue weighted by molar-refractivity contribution is 7.89. The molecular weight excluding hydrogens is 342 g/mol. The molecule has 7 heteroatoms. The summed E-state index contributed by atoms with van der Waals surface area (Å²) >= 11 is 0. The van der Waals surface area contributed by atoms with E-state index in [9.17, 15) is 13.5 Å². The SMILES string of the molecule is CCc1ccc(OC)c(S(=O)(=O)NCC(O)(c2ccco2)C2CC2)c1. The van der Waals surface area contributed by atoms with Crippen molar-refractivity contribution in [1.82, 2.24) is 4.72 Å². The van der Waals surface area contributed by atoms with Crippen LogP contribution in [0.5, 0.6) is 5.75 Å². The molecule has 0 amide bonds. The first-order chi connectivity index (χ1) is 11.9.